The second-order valence-corrected chi connectivity index (χ2v) is 4.66. The van der Waals surface area contributed by atoms with Gasteiger partial charge >= 0.3 is 0 Å². The maximum atomic E-state index is 12.1. The summed E-state index contributed by atoms with van der Waals surface area (Å²) in [5.41, 5.74) is 2.64. The monoisotopic (exact) mass is 282 g/mol. The average molecular weight is 282 g/mol. The highest BCUT2D eigenvalue weighted by Gasteiger charge is 2.02. The van der Waals surface area contributed by atoms with Crippen molar-refractivity contribution in [1.82, 2.24) is 0 Å². The molecule has 108 valence electrons. The fraction of sp³-hybridized carbons (Fsp3) is 0.167. The fourth-order valence-electron chi connectivity index (χ4n) is 2.03. The quantitative estimate of drug-likeness (QED) is 0.616. The Hall–Kier alpha value is -2.55. The van der Waals surface area contributed by atoms with Crippen LogP contribution in [0, 0.1) is 6.92 Å². The Morgan fingerprint density at radius 2 is 1.71 bits per heavy atom. The van der Waals surface area contributed by atoms with Gasteiger partial charge in [0.25, 0.3) is 0 Å². The molecule has 0 bridgehead atoms. The second-order valence-electron chi connectivity index (χ2n) is 4.66. The van der Waals surface area contributed by atoms with Crippen molar-refractivity contribution in [2.75, 3.05) is 14.2 Å². The van der Waals surface area contributed by atoms with Gasteiger partial charge in [0.1, 0.15) is 11.5 Å². The third kappa shape index (κ3) is 3.72. The van der Waals surface area contributed by atoms with E-state index in [-0.39, 0.29) is 5.78 Å². The van der Waals surface area contributed by atoms with Gasteiger partial charge in [0.2, 0.25) is 0 Å². The van der Waals surface area contributed by atoms with Crippen LogP contribution < -0.4 is 9.47 Å². The van der Waals surface area contributed by atoms with Crippen LogP contribution in [0.5, 0.6) is 11.5 Å². The van der Waals surface area contributed by atoms with E-state index in [2.05, 4.69) is 0 Å². The van der Waals surface area contributed by atoms with E-state index in [1.54, 1.807) is 50.6 Å². The number of benzene rings is 2. The van der Waals surface area contributed by atoms with E-state index < -0.39 is 0 Å². The zero-order chi connectivity index (χ0) is 15.2. The van der Waals surface area contributed by atoms with Crippen LogP contribution in [0.3, 0.4) is 0 Å². The molecule has 3 heteroatoms. The molecule has 0 aromatic heterocycles. The third-order valence-electron chi connectivity index (χ3n) is 3.22. The molecule has 0 aliphatic heterocycles. The number of carbonyl (C=O) groups excluding carboxylic acids is 1. The van der Waals surface area contributed by atoms with Gasteiger partial charge in [-0.2, -0.15) is 0 Å². The number of allylic oxidation sites excluding steroid dienone is 1. The molecule has 2 aromatic rings. The number of ketones is 1. The number of carbonyl (C=O) groups is 1. The number of hydrogen-bond donors (Lipinski definition) is 0. The molecule has 0 fully saturated rings. The molecule has 0 unspecified atom stereocenters. The number of ether oxygens (including phenoxy) is 2. The Bertz CT molecular complexity index is 655. The summed E-state index contributed by atoms with van der Waals surface area (Å²) in [4.78, 5) is 12.1. The third-order valence-corrected chi connectivity index (χ3v) is 3.22. The molecule has 0 N–H and O–H groups in total. The topological polar surface area (TPSA) is 35.5 Å². The minimum absolute atomic E-state index is 0.0360. The SMILES string of the molecule is COc1ccc(C(=O)/C=C/c2ccc(OC)c(C)c2)cc1. The van der Waals surface area contributed by atoms with Gasteiger partial charge in [-0.25, -0.2) is 0 Å². The van der Waals surface area contributed by atoms with Crippen LogP contribution in [0.25, 0.3) is 6.08 Å². The zero-order valence-corrected chi connectivity index (χ0v) is 12.4. The number of hydrogen-bond acceptors (Lipinski definition) is 3. The summed E-state index contributed by atoms with van der Waals surface area (Å²) in [6.45, 7) is 1.97. The molecule has 0 atom stereocenters. The summed E-state index contributed by atoms with van der Waals surface area (Å²) in [6.07, 6.45) is 3.38. The lowest BCUT2D eigenvalue weighted by atomic mass is 10.1. The summed E-state index contributed by atoms with van der Waals surface area (Å²) < 4.78 is 10.3. The van der Waals surface area contributed by atoms with E-state index in [1.807, 2.05) is 25.1 Å². The van der Waals surface area contributed by atoms with Crippen LogP contribution in [-0.2, 0) is 0 Å². The lowest BCUT2D eigenvalue weighted by Crippen LogP contribution is -1.94. The van der Waals surface area contributed by atoms with E-state index in [0.29, 0.717) is 5.56 Å². The molecule has 0 amide bonds. The minimum atomic E-state index is -0.0360. The van der Waals surface area contributed by atoms with Gasteiger partial charge < -0.3 is 9.47 Å². The molecule has 0 aliphatic rings. The van der Waals surface area contributed by atoms with Crippen LogP contribution in [0.15, 0.2) is 48.5 Å². The molecule has 21 heavy (non-hydrogen) atoms. The Labute approximate surface area is 124 Å². The highest BCUT2D eigenvalue weighted by Crippen LogP contribution is 2.19. The predicted octanol–water partition coefficient (Wildman–Crippen LogP) is 3.91. The zero-order valence-electron chi connectivity index (χ0n) is 12.4. The first-order valence-corrected chi connectivity index (χ1v) is 6.65. The first kappa shape index (κ1) is 14.9. The molecule has 0 radical (unpaired) electrons. The molecular formula is C18H18O3. The molecule has 3 nitrogen and oxygen atoms in total. The highest BCUT2D eigenvalue weighted by molar-refractivity contribution is 6.06. The lowest BCUT2D eigenvalue weighted by molar-refractivity contribution is 0.104. The lowest BCUT2D eigenvalue weighted by Gasteiger charge is -2.04. The molecule has 0 aliphatic carbocycles. The summed E-state index contributed by atoms with van der Waals surface area (Å²) in [5.74, 6) is 1.54. The molecule has 2 aromatic carbocycles. The van der Waals surface area contributed by atoms with Crippen molar-refractivity contribution >= 4 is 11.9 Å². The number of aryl methyl sites for hydroxylation is 1. The molecular weight excluding hydrogens is 264 g/mol. The van der Waals surface area contributed by atoms with Crippen molar-refractivity contribution in [1.29, 1.82) is 0 Å². The Morgan fingerprint density at radius 3 is 2.29 bits per heavy atom. The van der Waals surface area contributed by atoms with Crippen LogP contribution in [0.1, 0.15) is 21.5 Å². The van der Waals surface area contributed by atoms with Crippen molar-refractivity contribution in [3.05, 3.63) is 65.2 Å². The number of rotatable bonds is 5. The first-order chi connectivity index (χ1) is 10.1. The van der Waals surface area contributed by atoms with E-state index in [1.165, 1.54) is 0 Å². The second kappa shape index (κ2) is 6.75. The first-order valence-electron chi connectivity index (χ1n) is 6.65. The van der Waals surface area contributed by atoms with Crippen molar-refractivity contribution in [2.45, 2.75) is 6.92 Å². The molecule has 0 saturated heterocycles. The summed E-state index contributed by atoms with van der Waals surface area (Å²) in [7, 11) is 3.24. The van der Waals surface area contributed by atoms with Crippen molar-refractivity contribution in [3.8, 4) is 11.5 Å². The number of methoxy groups -OCH3 is 2. The summed E-state index contributed by atoms with van der Waals surface area (Å²) in [5, 5.41) is 0. The van der Waals surface area contributed by atoms with Crippen molar-refractivity contribution in [3.63, 3.8) is 0 Å². The van der Waals surface area contributed by atoms with Crippen LogP contribution in [0.2, 0.25) is 0 Å². The molecule has 0 heterocycles. The highest BCUT2D eigenvalue weighted by atomic mass is 16.5. The Balaban J connectivity index is 2.12. The normalized spacial score (nSPS) is 10.6. The van der Waals surface area contributed by atoms with Gasteiger partial charge in [-0.15, -0.1) is 0 Å². The summed E-state index contributed by atoms with van der Waals surface area (Å²) in [6, 6.07) is 12.9. The van der Waals surface area contributed by atoms with E-state index in [0.717, 1.165) is 22.6 Å². The van der Waals surface area contributed by atoms with E-state index in [9.17, 15) is 4.79 Å². The maximum absolute atomic E-state index is 12.1. The standard InChI is InChI=1S/C18H18O3/c1-13-12-14(5-11-18(13)21-3)4-10-17(19)15-6-8-16(20-2)9-7-15/h4-12H,1-3H3/b10-4+. The Kier molecular flexibility index (Phi) is 4.77. The fourth-order valence-corrected chi connectivity index (χ4v) is 2.03. The van der Waals surface area contributed by atoms with Gasteiger partial charge in [0.15, 0.2) is 5.78 Å². The summed E-state index contributed by atoms with van der Waals surface area (Å²) >= 11 is 0. The van der Waals surface area contributed by atoms with Crippen LogP contribution in [-0.4, -0.2) is 20.0 Å². The van der Waals surface area contributed by atoms with Gasteiger partial charge in [-0.3, -0.25) is 4.79 Å². The van der Waals surface area contributed by atoms with Crippen LogP contribution >= 0.6 is 0 Å². The average Bonchev–Trinajstić information content (AvgIpc) is 2.52. The molecule has 0 saturated carbocycles. The van der Waals surface area contributed by atoms with Gasteiger partial charge in [-0.05, 0) is 60.5 Å². The van der Waals surface area contributed by atoms with Crippen LogP contribution in [0.4, 0.5) is 0 Å². The largest absolute Gasteiger partial charge is 0.497 e. The van der Waals surface area contributed by atoms with Gasteiger partial charge in [0.05, 0.1) is 14.2 Å². The maximum Gasteiger partial charge on any atom is 0.185 e. The Morgan fingerprint density at radius 1 is 1.00 bits per heavy atom. The van der Waals surface area contributed by atoms with E-state index >= 15 is 0 Å². The van der Waals surface area contributed by atoms with Crippen molar-refractivity contribution < 1.29 is 14.3 Å². The molecule has 0 spiro atoms. The minimum Gasteiger partial charge on any atom is -0.497 e. The van der Waals surface area contributed by atoms with E-state index in [4.69, 9.17) is 9.47 Å². The predicted molar refractivity (Wildman–Crippen MR) is 84.1 cm³/mol. The van der Waals surface area contributed by atoms with Crippen molar-refractivity contribution in [2.24, 2.45) is 0 Å². The van der Waals surface area contributed by atoms with Gasteiger partial charge in [0, 0.05) is 5.56 Å². The molecule has 2 rings (SSSR count). The smallest absolute Gasteiger partial charge is 0.185 e. The van der Waals surface area contributed by atoms with Gasteiger partial charge in [-0.1, -0.05) is 12.1 Å².